The summed E-state index contributed by atoms with van der Waals surface area (Å²) in [5.41, 5.74) is 7.49. The van der Waals surface area contributed by atoms with E-state index in [1.807, 2.05) is 42.5 Å². The van der Waals surface area contributed by atoms with Crippen molar-refractivity contribution in [2.45, 2.75) is 0 Å². The van der Waals surface area contributed by atoms with Crippen LogP contribution in [-0.2, 0) is 0 Å². The molecule has 0 unspecified atom stereocenters. The summed E-state index contributed by atoms with van der Waals surface area (Å²) < 4.78 is 0. The minimum Gasteiger partial charge on any atom is -0.397 e. The van der Waals surface area contributed by atoms with Crippen LogP contribution in [0.3, 0.4) is 0 Å². The lowest BCUT2D eigenvalue weighted by Crippen LogP contribution is -1.98. The van der Waals surface area contributed by atoms with Crippen LogP contribution >= 0.6 is 11.8 Å². The van der Waals surface area contributed by atoms with Crippen molar-refractivity contribution in [3.63, 3.8) is 0 Å². The molecule has 0 atom stereocenters. The maximum Gasteiger partial charge on any atom is 0.112 e. The fourth-order valence-electron chi connectivity index (χ4n) is 1.38. The first-order chi connectivity index (χ1) is 7.72. The van der Waals surface area contributed by atoms with E-state index in [2.05, 4.69) is 0 Å². The molecule has 0 amide bonds. The van der Waals surface area contributed by atoms with Gasteiger partial charge in [0.1, 0.15) is 16.7 Å². The lowest BCUT2D eigenvalue weighted by Gasteiger charge is -1.97. The van der Waals surface area contributed by atoms with Gasteiger partial charge in [0.2, 0.25) is 0 Å². The first kappa shape index (κ1) is 10.5. The molecule has 1 aliphatic rings. The largest absolute Gasteiger partial charge is 0.397 e. The average molecular weight is 227 g/mol. The zero-order chi connectivity index (χ0) is 11.5. The van der Waals surface area contributed by atoms with Crippen molar-refractivity contribution in [1.82, 2.24) is 0 Å². The van der Waals surface area contributed by atoms with E-state index in [4.69, 9.17) is 16.4 Å². The lowest BCUT2D eigenvalue weighted by molar-refractivity contribution is 1.38. The highest BCUT2D eigenvalue weighted by Gasteiger charge is 2.23. The lowest BCUT2D eigenvalue weighted by atomic mass is 10.1. The van der Waals surface area contributed by atoms with Crippen molar-refractivity contribution < 1.29 is 0 Å². The van der Waals surface area contributed by atoms with E-state index in [-0.39, 0.29) is 10.6 Å². The number of nitrogens with two attached hydrogens (primary N) is 1. The number of rotatable bonds is 1. The fraction of sp³-hybridized carbons (Fsp3) is 0. The van der Waals surface area contributed by atoms with Gasteiger partial charge in [0.05, 0.1) is 5.70 Å². The van der Waals surface area contributed by atoms with Gasteiger partial charge in [-0.15, -0.1) is 0 Å². The summed E-state index contributed by atoms with van der Waals surface area (Å²) in [4.78, 5) is 0.771. The Bertz CT molecular complexity index is 535. The Morgan fingerprint density at radius 2 is 2.00 bits per heavy atom. The van der Waals surface area contributed by atoms with E-state index < -0.39 is 0 Å². The molecule has 0 saturated heterocycles. The number of hydrogen-bond acceptors (Lipinski definition) is 4. The van der Waals surface area contributed by atoms with Crippen LogP contribution < -0.4 is 5.73 Å². The highest BCUT2D eigenvalue weighted by molar-refractivity contribution is 8.18. The highest BCUT2D eigenvalue weighted by Crippen LogP contribution is 2.35. The first-order valence-corrected chi connectivity index (χ1v) is 5.48. The van der Waals surface area contributed by atoms with E-state index in [9.17, 15) is 0 Å². The van der Waals surface area contributed by atoms with Crippen LogP contribution in [0.1, 0.15) is 5.56 Å². The maximum atomic E-state index is 8.82. The molecule has 3 N–H and O–H groups in total. The number of benzene rings is 1. The molecule has 1 aromatic carbocycles. The molecule has 0 aliphatic carbocycles. The number of nitrogens with zero attached hydrogens (tertiary/aromatic N) is 1. The summed E-state index contributed by atoms with van der Waals surface area (Å²) in [5.74, 6) is 0. The normalized spacial score (nSPS) is 17.9. The Balaban J connectivity index is 2.40. The minimum atomic E-state index is 0.224. The summed E-state index contributed by atoms with van der Waals surface area (Å²) in [5, 5.41) is 16.6. The third-order valence-electron chi connectivity index (χ3n) is 2.18. The molecule has 1 heterocycles. The molecule has 1 aliphatic heterocycles. The smallest absolute Gasteiger partial charge is 0.112 e. The van der Waals surface area contributed by atoms with E-state index in [1.54, 1.807) is 0 Å². The van der Waals surface area contributed by atoms with Gasteiger partial charge in [-0.25, -0.2) is 0 Å². The Labute approximate surface area is 97.8 Å². The van der Waals surface area contributed by atoms with E-state index in [0.29, 0.717) is 5.70 Å². The van der Waals surface area contributed by atoms with Gasteiger partial charge in [-0.2, -0.15) is 5.26 Å². The van der Waals surface area contributed by atoms with Gasteiger partial charge >= 0.3 is 0 Å². The molecule has 3 nitrogen and oxygen atoms in total. The monoisotopic (exact) mass is 227 g/mol. The van der Waals surface area contributed by atoms with Gasteiger partial charge in [0.25, 0.3) is 0 Å². The molecule has 0 bridgehead atoms. The maximum absolute atomic E-state index is 8.82. The molecule has 0 fully saturated rings. The van der Waals surface area contributed by atoms with Crippen molar-refractivity contribution in [2.75, 3.05) is 0 Å². The van der Waals surface area contributed by atoms with Crippen molar-refractivity contribution in [3.8, 4) is 6.07 Å². The van der Waals surface area contributed by atoms with Gasteiger partial charge in [0, 0.05) is 4.91 Å². The molecule has 78 valence electrons. The fourth-order valence-corrected chi connectivity index (χ4v) is 2.26. The minimum absolute atomic E-state index is 0.224. The molecule has 0 radical (unpaired) electrons. The van der Waals surface area contributed by atoms with Crippen LogP contribution in [0.4, 0.5) is 0 Å². The molecule has 16 heavy (non-hydrogen) atoms. The Hall–Kier alpha value is -1.99. The Morgan fingerprint density at radius 3 is 2.56 bits per heavy atom. The van der Waals surface area contributed by atoms with Crippen molar-refractivity contribution in [1.29, 1.82) is 10.7 Å². The topological polar surface area (TPSA) is 73.7 Å². The first-order valence-electron chi connectivity index (χ1n) is 4.66. The molecule has 2 rings (SSSR count). The number of nitrogens with one attached hydrogen (secondary N) is 1. The second-order valence-electron chi connectivity index (χ2n) is 3.25. The zero-order valence-electron chi connectivity index (χ0n) is 8.40. The second kappa shape index (κ2) is 4.25. The molecular formula is C12H9N3S. The third kappa shape index (κ3) is 1.86. The van der Waals surface area contributed by atoms with Crippen molar-refractivity contribution >= 4 is 22.9 Å². The number of nitriles is 1. The predicted molar refractivity (Wildman–Crippen MR) is 66.6 cm³/mol. The summed E-state index contributed by atoms with van der Waals surface area (Å²) >= 11 is 1.22. The van der Waals surface area contributed by atoms with Crippen LogP contribution in [0.2, 0.25) is 0 Å². The van der Waals surface area contributed by atoms with Crippen LogP contribution in [0.25, 0.3) is 6.08 Å². The molecule has 0 saturated carbocycles. The van der Waals surface area contributed by atoms with Gasteiger partial charge in [-0.3, -0.25) is 5.41 Å². The van der Waals surface area contributed by atoms with Gasteiger partial charge in [-0.1, -0.05) is 42.1 Å². The van der Waals surface area contributed by atoms with Crippen LogP contribution in [0.5, 0.6) is 0 Å². The molecular weight excluding hydrogens is 218 g/mol. The third-order valence-corrected chi connectivity index (χ3v) is 3.15. The van der Waals surface area contributed by atoms with E-state index >= 15 is 0 Å². The summed E-state index contributed by atoms with van der Waals surface area (Å²) in [6, 6.07) is 11.7. The van der Waals surface area contributed by atoms with Crippen LogP contribution in [0, 0.1) is 16.7 Å². The molecule has 0 spiro atoms. The Morgan fingerprint density at radius 1 is 1.31 bits per heavy atom. The molecule has 0 aromatic heterocycles. The standard InChI is InChI=1S/C12H9N3S/c13-7-9-11(14)10(16-12(9)15)6-8-4-2-1-3-5-8/h1-6,15H,14H2/b10-6+,15-12?. The van der Waals surface area contributed by atoms with Gasteiger partial charge < -0.3 is 5.73 Å². The molecule has 1 aromatic rings. The van der Waals surface area contributed by atoms with Gasteiger partial charge in [-0.05, 0) is 11.6 Å². The second-order valence-corrected chi connectivity index (χ2v) is 4.30. The summed E-state index contributed by atoms with van der Waals surface area (Å²) in [6.45, 7) is 0. The number of hydrogen-bond donors (Lipinski definition) is 2. The van der Waals surface area contributed by atoms with Gasteiger partial charge in [0.15, 0.2) is 0 Å². The highest BCUT2D eigenvalue weighted by atomic mass is 32.2. The van der Waals surface area contributed by atoms with Crippen molar-refractivity contribution in [3.05, 3.63) is 52.1 Å². The van der Waals surface area contributed by atoms with Crippen LogP contribution in [-0.4, -0.2) is 5.04 Å². The zero-order valence-corrected chi connectivity index (χ0v) is 9.21. The van der Waals surface area contributed by atoms with Crippen molar-refractivity contribution in [2.24, 2.45) is 5.73 Å². The van der Waals surface area contributed by atoms with E-state index in [0.717, 1.165) is 10.5 Å². The summed E-state index contributed by atoms with van der Waals surface area (Å²) in [6.07, 6.45) is 1.89. The predicted octanol–water partition coefficient (Wildman–Crippen LogP) is 2.49. The Kier molecular flexibility index (Phi) is 2.80. The summed E-state index contributed by atoms with van der Waals surface area (Å²) in [7, 11) is 0. The average Bonchev–Trinajstić information content (AvgIpc) is 2.55. The molecule has 4 heteroatoms. The SMILES string of the molecule is N#CC1=C(N)/C(=C\c2ccccc2)SC1=N. The van der Waals surface area contributed by atoms with E-state index in [1.165, 1.54) is 11.8 Å². The number of thioether (sulfide) groups is 1. The van der Waals surface area contributed by atoms with Crippen LogP contribution in [0.15, 0.2) is 46.5 Å². The quantitative estimate of drug-likeness (QED) is 0.774.